The minimum Gasteiger partial charge on any atom is -0.468 e. The van der Waals surface area contributed by atoms with Crippen LogP contribution in [0.1, 0.15) is 28.8 Å². The molecule has 3 heterocycles. The van der Waals surface area contributed by atoms with Gasteiger partial charge >= 0.3 is 0 Å². The summed E-state index contributed by atoms with van der Waals surface area (Å²) in [6.45, 7) is 2.87. The fourth-order valence-corrected chi connectivity index (χ4v) is 3.36. The van der Waals surface area contributed by atoms with Crippen molar-refractivity contribution in [2.45, 2.75) is 25.6 Å². The highest BCUT2D eigenvalue weighted by Crippen LogP contribution is 2.29. The molecular formula is C19H22N4O2. The van der Waals surface area contributed by atoms with Crippen molar-refractivity contribution in [3.05, 3.63) is 71.4 Å². The van der Waals surface area contributed by atoms with Crippen molar-refractivity contribution in [3.63, 3.8) is 0 Å². The Hall–Kier alpha value is -2.44. The summed E-state index contributed by atoms with van der Waals surface area (Å²) in [4.78, 5) is 2.36. The predicted octanol–water partition coefficient (Wildman–Crippen LogP) is 2.72. The van der Waals surface area contributed by atoms with Gasteiger partial charge in [0.25, 0.3) is 0 Å². The summed E-state index contributed by atoms with van der Waals surface area (Å²) in [5.41, 5.74) is 3.40. The normalized spacial score (nSPS) is 17.6. The molecule has 0 fully saturated rings. The number of hydrogen-bond acceptors (Lipinski definition) is 5. The van der Waals surface area contributed by atoms with Crippen LogP contribution in [0, 0.1) is 0 Å². The maximum Gasteiger partial charge on any atom is 0.117 e. The third-order valence-corrected chi connectivity index (χ3v) is 4.69. The third kappa shape index (κ3) is 3.50. The minimum absolute atomic E-state index is 0.0891. The average molecular weight is 338 g/mol. The van der Waals surface area contributed by atoms with Crippen LogP contribution in [0.3, 0.4) is 0 Å². The number of hydrogen-bond donors (Lipinski definition) is 0. The van der Waals surface area contributed by atoms with E-state index in [1.807, 2.05) is 42.1 Å². The number of ether oxygens (including phenoxy) is 1. The molecular weight excluding hydrogens is 316 g/mol. The van der Waals surface area contributed by atoms with E-state index in [0.717, 1.165) is 31.0 Å². The lowest BCUT2D eigenvalue weighted by Crippen LogP contribution is -2.38. The Balaban J connectivity index is 1.49. The number of nitrogens with zero attached hydrogens (tertiary/aromatic N) is 4. The van der Waals surface area contributed by atoms with Crippen LogP contribution in [-0.2, 0) is 31.4 Å². The van der Waals surface area contributed by atoms with E-state index in [-0.39, 0.29) is 6.04 Å². The molecule has 6 heteroatoms. The van der Waals surface area contributed by atoms with Crippen LogP contribution >= 0.6 is 0 Å². The number of furan rings is 1. The van der Waals surface area contributed by atoms with E-state index >= 15 is 0 Å². The highest BCUT2D eigenvalue weighted by Gasteiger charge is 2.32. The fourth-order valence-electron chi connectivity index (χ4n) is 3.36. The zero-order valence-electron chi connectivity index (χ0n) is 14.3. The highest BCUT2D eigenvalue weighted by atomic mass is 16.5. The molecule has 0 spiro atoms. The van der Waals surface area contributed by atoms with E-state index in [0.29, 0.717) is 13.2 Å². The van der Waals surface area contributed by atoms with E-state index in [1.165, 1.54) is 11.3 Å². The van der Waals surface area contributed by atoms with Crippen LogP contribution in [0.4, 0.5) is 0 Å². The van der Waals surface area contributed by atoms with Crippen LogP contribution in [0.5, 0.6) is 0 Å². The van der Waals surface area contributed by atoms with Gasteiger partial charge in [0.05, 0.1) is 37.8 Å². The van der Waals surface area contributed by atoms with Gasteiger partial charge in [0.1, 0.15) is 11.5 Å². The lowest BCUT2D eigenvalue weighted by atomic mass is 10.0. The summed E-state index contributed by atoms with van der Waals surface area (Å²) in [5, 5.41) is 8.61. The SMILES string of the molecule is Cn1nnc2c1CCN(Cc1ccco1)C2COCc1ccccc1. The summed E-state index contributed by atoms with van der Waals surface area (Å²) >= 11 is 0. The van der Waals surface area contributed by atoms with Crippen molar-refractivity contribution in [2.75, 3.05) is 13.2 Å². The highest BCUT2D eigenvalue weighted by molar-refractivity contribution is 5.19. The van der Waals surface area contributed by atoms with Crippen LogP contribution in [0.15, 0.2) is 53.1 Å². The quantitative estimate of drug-likeness (QED) is 0.692. The lowest BCUT2D eigenvalue weighted by Gasteiger charge is -2.33. The Bertz CT molecular complexity index is 798. The molecule has 1 aliphatic heterocycles. The van der Waals surface area contributed by atoms with Gasteiger partial charge in [-0.1, -0.05) is 35.5 Å². The van der Waals surface area contributed by atoms with Crippen molar-refractivity contribution < 1.29 is 9.15 Å². The van der Waals surface area contributed by atoms with Crippen molar-refractivity contribution in [2.24, 2.45) is 7.05 Å². The second-order valence-electron chi connectivity index (χ2n) is 6.36. The number of aromatic nitrogens is 3. The van der Waals surface area contributed by atoms with Crippen molar-refractivity contribution >= 4 is 0 Å². The third-order valence-electron chi connectivity index (χ3n) is 4.69. The van der Waals surface area contributed by atoms with Gasteiger partial charge in [-0.15, -0.1) is 5.10 Å². The Labute approximate surface area is 147 Å². The minimum atomic E-state index is 0.0891. The first-order chi connectivity index (χ1) is 12.3. The van der Waals surface area contributed by atoms with Gasteiger partial charge in [0, 0.05) is 20.0 Å². The Morgan fingerprint density at radius 1 is 1.20 bits per heavy atom. The molecule has 0 radical (unpaired) electrons. The molecule has 3 aromatic rings. The molecule has 2 aromatic heterocycles. The molecule has 1 aliphatic rings. The summed E-state index contributed by atoms with van der Waals surface area (Å²) in [5.74, 6) is 0.959. The fraction of sp³-hybridized carbons (Fsp3) is 0.368. The number of fused-ring (bicyclic) bond motifs is 1. The maximum absolute atomic E-state index is 6.03. The van der Waals surface area contributed by atoms with Crippen molar-refractivity contribution in [1.29, 1.82) is 0 Å². The summed E-state index contributed by atoms with van der Waals surface area (Å²) < 4.78 is 13.4. The standard InChI is InChI=1S/C19H22N4O2/c1-22-17-9-10-23(12-16-8-5-11-25-16)18(19(17)20-21-22)14-24-13-15-6-3-2-4-7-15/h2-8,11,18H,9-10,12-14H2,1H3. The molecule has 25 heavy (non-hydrogen) atoms. The molecule has 1 atom stereocenters. The second kappa shape index (κ2) is 7.21. The van der Waals surface area contributed by atoms with Gasteiger partial charge < -0.3 is 9.15 Å². The summed E-state index contributed by atoms with van der Waals surface area (Å²) in [6.07, 6.45) is 2.66. The molecule has 1 aromatic carbocycles. The summed E-state index contributed by atoms with van der Waals surface area (Å²) in [6, 6.07) is 14.3. The molecule has 0 aliphatic carbocycles. The summed E-state index contributed by atoms with van der Waals surface area (Å²) in [7, 11) is 1.95. The molecule has 0 amide bonds. The van der Waals surface area contributed by atoms with E-state index in [9.17, 15) is 0 Å². The Kier molecular flexibility index (Phi) is 4.63. The van der Waals surface area contributed by atoms with Crippen molar-refractivity contribution in [3.8, 4) is 0 Å². The first kappa shape index (κ1) is 16.1. The zero-order chi connectivity index (χ0) is 17.1. The van der Waals surface area contributed by atoms with Crippen LogP contribution in [0.25, 0.3) is 0 Å². The molecule has 0 saturated carbocycles. The van der Waals surface area contributed by atoms with E-state index in [4.69, 9.17) is 9.15 Å². The maximum atomic E-state index is 6.03. The predicted molar refractivity (Wildman–Crippen MR) is 92.7 cm³/mol. The molecule has 0 bridgehead atoms. The number of benzene rings is 1. The molecule has 1 unspecified atom stereocenters. The van der Waals surface area contributed by atoms with Gasteiger partial charge in [-0.3, -0.25) is 9.58 Å². The van der Waals surface area contributed by atoms with Gasteiger partial charge in [0.2, 0.25) is 0 Å². The van der Waals surface area contributed by atoms with Crippen molar-refractivity contribution in [1.82, 2.24) is 19.9 Å². The van der Waals surface area contributed by atoms with E-state index in [2.05, 4.69) is 27.3 Å². The van der Waals surface area contributed by atoms with Gasteiger partial charge in [-0.05, 0) is 17.7 Å². The lowest BCUT2D eigenvalue weighted by molar-refractivity contribution is 0.0361. The Morgan fingerprint density at radius 2 is 2.08 bits per heavy atom. The monoisotopic (exact) mass is 338 g/mol. The van der Waals surface area contributed by atoms with E-state index < -0.39 is 0 Å². The molecule has 6 nitrogen and oxygen atoms in total. The smallest absolute Gasteiger partial charge is 0.117 e. The molecule has 0 N–H and O–H groups in total. The van der Waals surface area contributed by atoms with Crippen LogP contribution in [0.2, 0.25) is 0 Å². The van der Waals surface area contributed by atoms with Crippen LogP contribution < -0.4 is 0 Å². The molecule has 4 rings (SSSR count). The topological polar surface area (TPSA) is 56.3 Å². The molecule has 130 valence electrons. The first-order valence-corrected chi connectivity index (χ1v) is 8.58. The Morgan fingerprint density at radius 3 is 2.88 bits per heavy atom. The second-order valence-corrected chi connectivity index (χ2v) is 6.36. The average Bonchev–Trinajstić information content (AvgIpc) is 3.28. The van der Waals surface area contributed by atoms with Gasteiger partial charge in [-0.25, -0.2) is 0 Å². The molecule has 0 saturated heterocycles. The zero-order valence-corrected chi connectivity index (χ0v) is 14.3. The van der Waals surface area contributed by atoms with Gasteiger partial charge in [0.15, 0.2) is 0 Å². The van der Waals surface area contributed by atoms with Gasteiger partial charge in [-0.2, -0.15) is 0 Å². The van der Waals surface area contributed by atoms with Crippen LogP contribution in [-0.4, -0.2) is 33.0 Å². The largest absolute Gasteiger partial charge is 0.468 e. The van der Waals surface area contributed by atoms with E-state index in [1.54, 1.807) is 6.26 Å². The number of aryl methyl sites for hydroxylation is 1. The number of rotatable bonds is 6. The first-order valence-electron chi connectivity index (χ1n) is 8.58.